The predicted molar refractivity (Wildman–Crippen MR) is 82.7 cm³/mol. The Morgan fingerprint density at radius 3 is 2.15 bits per heavy atom. The fourth-order valence-corrected chi connectivity index (χ4v) is 4.72. The first-order valence-corrected chi connectivity index (χ1v) is 9.74. The zero-order chi connectivity index (χ0) is 15.2. The van der Waals surface area contributed by atoms with Crippen LogP contribution < -0.4 is 5.73 Å². The topological polar surface area (TPSA) is 72.5 Å². The van der Waals surface area contributed by atoms with E-state index in [1.54, 1.807) is 12.1 Å². The van der Waals surface area contributed by atoms with Gasteiger partial charge in [-0.25, -0.2) is 0 Å². The van der Waals surface area contributed by atoms with Gasteiger partial charge in [-0.2, -0.15) is 0 Å². The van der Waals surface area contributed by atoms with E-state index in [0.29, 0.717) is 0 Å². The number of nitrogens with two attached hydrogens (primary N) is 1. The highest BCUT2D eigenvalue weighted by Gasteiger charge is 2.36. The third-order valence-corrected chi connectivity index (χ3v) is 8.52. The van der Waals surface area contributed by atoms with Gasteiger partial charge in [-0.15, -0.1) is 0 Å². The van der Waals surface area contributed by atoms with Crippen LogP contribution in [0, 0.1) is 0 Å². The molecule has 1 rings (SSSR count). The standard InChI is InChI=1S/C15H25NO3Si/c1-4-20(5-2,6-3)19-15(18)14(17)13(16)12-10-8-7-9-11-12/h7-11,13-14,17H,4-6,16H2,1-3H3. The van der Waals surface area contributed by atoms with E-state index in [4.69, 9.17) is 10.2 Å². The maximum Gasteiger partial charge on any atom is 0.323 e. The van der Waals surface area contributed by atoms with E-state index in [9.17, 15) is 9.90 Å². The Kier molecular flexibility index (Phi) is 6.39. The Morgan fingerprint density at radius 1 is 1.20 bits per heavy atom. The number of aliphatic hydroxyl groups excluding tert-OH is 1. The molecule has 5 heteroatoms. The lowest BCUT2D eigenvalue weighted by molar-refractivity contribution is -0.146. The van der Waals surface area contributed by atoms with E-state index >= 15 is 0 Å². The van der Waals surface area contributed by atoms with Gasteiger partial charge in [0.15, 0.2) is 6.10 Å². The van der Waals surface area contributed by atoms with Gasteiger partial charge in [-0.1, -0.05) is 51.1 Å². The molecule has 0 bridgehead atoms. The Hall–Kier alpha value is -1.17. The van der Waals surface area contributed by atoms with Crippen molar-refractivity contribution in [1.82, 2.24) is 0 Å². The maximum atomic E-state index is 12.1. The van der Waals surface area contributed by atoms with Gasteiger partial charge in [-0.3, -0.25) is 4.79 Å². The zero-order valence-corrected chi connectivity index (χ0v) is 13.5. The lowest BCUT2D eigenvalue weighted by Crippen LogP contribution is -2.44. The second kappa shape index (κ2) is 7.57. The van der Waals surface area contributed by atoms with E-state index in [2.05, 4.69) is 0 Å². The summed E-state index contributed by atoms with van der Waals surface area (Å²) < 4.78 is 5.66. The van der Waals surface area contributed by atoms with Crippen molar-refractivity contribution in [3.8, 4) is 0 Å². The summed E-state index contributed by atoms with van der Waals surface area (Å²) in [6.07, 6.45) is -1.31. The quantitative estimate of drug-likeness (QED) is 0.758. The molecule has 20 heavy (non-hydrogen) atoms. The molecule has 0 aliphatic heterocycles. The van der Waals surface area contributed by atoms with E-state index in [0.717, 1.165) is 23.7 Å². The molecule has 0 saturated heterocycles. The van der Waals surface area contributed by atoms with Gasteiger partial charge in [0, 0.05) is 0 Å². The minimum atomic E-state index is -2.06. The van der Waals surface area contributed by atoms with Crippen LogP contribution in [0.5, 0.6) is 0 Å². The molecular weight excluding hydrogens is 270 g/mol. The van der Waals surface area contributed by atoms with Crippen molar-refractivity contribution in [1.29, 1.82) is 0 Å². The van der Waals surface area contributed by atoms with Gasteiger partial charge in [0.25, 0.3) is 8.32 Å². The van der Waals surface area contributed by atoms with Crippen LogP contribution in [-0.2, 0) is 9.22 Å². The van der Waals surface area contributed by atoms with Crippen LogP contribution >= 0.6 is 0 Å². The second-order valence-electron chi connectivity index (χ2n) is 5.05. The van der Waals surface area contributed by atoms with Gasteiger partial charge in [0.1, 0.15) is 0 Å². The third-order valence-electron chi connectivity index (χ3n) is 4.02. The van der Waals surface area contributed by atoms with Gasteiger partial charge in [0.2, 0.25) is 0 Å². The van der Waals surface area contributed by atoms with E-state index in [1.165, 1.54) is 0 Å². The van der Waals surface area contributed by atoms with Crippen molar-refractivity contribution < 1.29 is 14.3 Å². The molecule has 0 saturated carbocycles. The van der Waals surface area contributed by atoms with Crippen molar-refractivity contribution in [2.45, 2.75) is 51.0 Å². The molecule has 0 spiro atoms. The fraction of sp³-hybridized carbons (Fsp3) is 0.533. The summed E-state index contributed by atoms with van der Waals surface area (Å²) in [5, 5.41) is 10.1. The number of carbonyl (C=O) groups excluding carboxylic acids is 1. The molecule has 0 aromatic heterocycles. The molecule has 4 nitrogen and oxygen atoms in total. The summed E-state index contributed by atoms with van der Waals surface area (Å²) in [6, 6.07) is 10.9. The molecule has 3 N–H and O–H groups in total. The van der Waals surface area contributed by atoms with Crippen LogP contribution in [0.3, 0.4) is 0 Å². The first kappa shape index (κ1) is 16.9. The normalized spacial score (nSPS) is 14.7. The van der Waals surface area contributed by atoms with Gasteiger partial charge >= 0.3 is 5.97 Å². The molecule has 1 aromatic carbocycles. The smallest absolute Gasteiger partial charge is 0.323 e. The molecule has 112 valence electrons. The molecule has 0 amide bonds. The summed E-state index contributed by atoms with van der Waals surface area (Å²) >= 11 is 0. The van der Waals surface area contributed by atoms with Crippen LogP contribution in [0.4, 0.5) is 0 Å². The lowest BCUT2D eigenvalue weighted by atomic mass is 10.0. The minimum absolute atomic E-state index is 0.585. The van der Waals surface area contributed by atoms with E-state index in [-0.39, 0.29) is 0 Å². The highest BCUT2D eigenvalue weighted by molar-refractivity contribution is 6.75. The van der Waals surface area contributed by atoms with E-state index < -0.39 is 26.4 Å². The van der Waals surface area contributed by atoms with Crippen LogP contribution in [0.25, 0.3) is 0 Å². The third kappa shape index (κ3) is 3.91. The predicted octanol–water partition coefficient (Wildman–Crippen LogP) is 2.60. The van der Waals surface area contributed by atoms with Crippen LogP contribution in [0.1, 0.15) is 32.4 Å². The summed E-state index contributed by atoms with van der Waals surface area (Å²) in [6.45, 7) is 6.11. The Morgan fingerprint density at radius 2 is 1.70 bits per heavy atom. The summed E-state index contributed by atoms with van der Waals surface area (Å²) in [5.74, 6) is -0.585. The first-order chi connectivity index (χ1) is 9.49. The minimum Gasteiger partial charge on any atom is -0.517 e. The Bertz CT molecular complexity index is 412. The van der Waals surface area contributed by atoms with Gasteiger partial charge in [0.05, 0.1) is 6.04 Å². The molecule has 0 radical (unpaired) electrons. The SMILES string of the molecule is CC[Si](CC)(CC)OC(=O)C(O)C(N)c1ccccc1. The number of rotatable bonds is 7. The molecule has 0 heterocycles. The molecule has 2 unspecified atom stereocenters. The van der Waals surface area contributed by atoms with Crippen molar-refractivity contribution in [2.24, 2.45) is 5.73 Å². The zero-order valence-electron chi connectivity index (χ0n) is 12.5. The fourth-order valence-electron chi connectivity index (χ4n) is 2.24. The van der Waals surface area contributed by atoms with E-state index in [1.807, 2.05) is 39.0 Å². The molecular formula is C15H25NO3Si. The van der Waals surface area contributed by atoms with Crippen molar-refractivity contribution in [2.75, 3.05) is 0 Å². The average molecular weight is 295 g/mol. The molecule has 0 fully saturated rings. The van der Waals surface area contributed by atoms with Gasteiger partial charge in [-0.05, 0) is 23.7 Å². The summed E-state index contributed by atoms with van der Waals surface area (Å²) in [7, 11) is -2.06. The summed E-state index contributed by atoms with van der Waals surface area (Å²) in [5.41, 5.74) is 6.68. The lowest BCUT2D eigenvalue weighted by Gasteiger charge is -2.30. The van der Waals surface area contributed by atoms with Crippen LogP contribution in [0.15, 0.2) is 30.3 Å². The molecule has 1 aromatic rings. The van der Waals surface area contributed by atoms with Crippen molar-refractivity contribution >= 4 is 14.3 Å². The number of hydrogen-bond donors (Lipinski definition) is 2. The number of benzene rings is 1. The van der Waals surface area contributed by atoms with Crippen LogP contribution in [-0.4, -0.2) is 25.5 Å². The maximum absolute atomic E-state index is 12.1. The molecule has 0 aliphatic carbocycles. The van der Waals surface area contributed by atoms with Gasteiger partial charge < -0.3 is 15.3 Å². The monoisotopic (exact) mass is 295 g/mol. The van der Waals surface area contributed by atoms with Crippen molar-refractivity contribution in [3.05, 3.63) is 35.9 Å². The number of carbonyl (C=O) groups is 1. The average Bonchev–Trinajstić information content (AvgIpc) is 2.52. The molecule has 0 aliphatic rings. The Labute approximate surface area is 122 Å². The van der Waals surface area contributed by atoms with Crippen LogP contribution in [0.2, 0.25) is 18.1 Å². The highest BCUT2D eigenvalue weighted by Crippen LogP contribution is 2.24. The Balaban J connectivity index is 2.76. The largest absolute Gasteiger partial charge is 0.517 e. The molecule has 2 atom stereocenters. The second-order valence-corrected chi connectivity index (χ2v) is 9.74. The first-order valence-electron chi connectivity index (χ1n) is 7.21. The van der Waals surface area contributed by atoms with Crippen molar-refractivity contribution in [3.63, 3.8) is 0 Å². The highest BCUT2D eigenvalue weighted by atomic mass is 28.4. The number of aliphatic hydroxyl groups is 1. The summed E-state index contributed by atoms with van der Waals surface area (Å²) in [4.78, 5) is 12.1. The number of hydrogen-bond acceptors (Lipinski definition) is 4.